The molecule has 0 atom stereocenters. The van der Waals surface area contributed by atoms with E-state index < -0.39 is 7.12 Å². The summed E-state index contributed by atoms with van der Waals surface area (Å²) in [6.07, 6.45) is 1.74. The van der Waals surface area contributed by atoms with Crippen LogP contribution in [-0.2, 0) is 11.3 Å². The van der Waals surface area contributed by atoms with E-state index in [1.165, 1.54) is 0 Å². The maximum Gasteiger partial charge on any atom is 0.491 e. The molecule has 0 spiro atoms. The summed E-state index contributed by atoms with van der Waals surface area (Å²) in [5.41, 5.74) is 2.28. The van der Waals surface area contributed by atoms with Gasteiger partial charge in [-0.05, 0) is 17.3 Å². The second-order valence-electron chi connectivity index (χ2n) is 3.07. The predicted octanol–water partition coefficient (Wildman–Crippen LogP) is 1.43. The topological polar surface area (TPSA) is 46.5 Å². The normalized spacial score (nSPS) is 12.9. The average Bonchev–Trinajstić information content (AvgIpc) is 2.72. The zero-order chi connectivity index (χ0) is 12.1. The maximum atomic E-state index is 11.4. The van der Waals surface area contributed by atoms with Gasteiger partial charge in [0.25, 0.3) is 0 Å². The maximum absolute atomic E-state index is 11.4. The summed E-state index contributed by atoms with van der Waals surface area (Å²) in [6.45, 7) is 4.42. The van der Waals surface area contributed by atoms with Gasteiger partial charge in [0.1, 0.15) is 0 Å². The van der Waals surface area contributed by atoms with Gasteiger partial charge in [0.2, 0.25) is 5.12 Å². The Morgan fingerprint density at radius 3 is 2.81 bits per heavy atom. The fraction of sp³-hybridized carbons (Fsp3) is 0.364. The molecule has 1 aromatic rings. The Bertz CT molecular complexity index is 381. The Labute approximate surface area is 100 Å². The van der Waals surface area contributed by atoms with Crippen molar-refractivity contribution in [3.63, 3.8) is 0 Å². The van der Waals surface area contributed by atoms with Crippen molar-refractivity contribution in [2.75, 3.05) is 6.26 Å². The number of hydrogen-bond donors (Lipinski definition) is 1. The minimum atomic E-state index is -0.875. The Hall–Kier alpha value is -0.775. The largest absolute Gasteiger partial charge is 0.491 e. The molecule has 5 heteroatoms. The highest BCUT2D eigenvalue weighted by Crippen LogP contribution is 2.14. The van der Waals surface area contributed by atoms with Gasteiger partial charge < -0.3 is 9.68 Å². The first kappa shape index (κ1) is 13.3. The van der Waals surface area contributed by atoms with Crippen molar-refractivity contribution in [1.82, 2.24) is 0 Å². The van der Waals surface area contributed by atoms with Crippen molar-refractivity contribution in [1.29, 1.82) is 0 Å². The molecular formula is C11H15BO3S. The minimum Gasteiger partial charge on any atom is -0.423 e. The SMILES string of the molecule is CC.CSC(=O)c1ccc2c(c1)B(O)OC2. The van der Waals surface area contributed by atoms with Crippen molar-refractivity contribution >= 4 is 29.5 Å². The number of carbonyl (C=O) groups is 1. The van der Waals surface area contributed by atoms with Gasteiger partial charge in [0, 0.05) is 5.56 Å². The van der Waals surface area contributed by atoms with E-state index in [2.05, 4.69) is 0 Å². The predicted molar refractivity (Wildman–Crippen MR) is 68.0 cm³/mol. The Morgan fingerprint density at radius 2 is 2.19 bits per heavy atom. The third-order valence-corrected chi connectivity index (χ3v) is 2.84. The minimum absolute atomic E-state index is 0.00639. The second-order valence-corrected chi connectivity index (χ2v) is 3.85. The molecule has 0 fully saturated rings. The van der Waals surface area contributed by atoms with Crippen LogP contribution < -0.4 is 5.46 Å². The lowest BCUT2D eigenvalue weighted by molar-refractivity contribution is 0.108. The van der Waals surface area contributed by atoms with Crippen LogP contribution in [0.1, 0.15) is 29.8 Å². The van der Waals surface area contributed by atoms with E-state index >= 15 is 0 Å². The van der Waals surface area contributed by atoms with E-state index in [0.29, 0.717) is 17.6 Å². The van der Waals surface area contributed by atoms with Crippen LogP contribution in [0, 0.1) is 0 Å². The molecule has 1 heterocycles. The molecule has 0 aromatic heterocycles. The number of hydrogen-bond acceptors (Lipinski definition) is 4. The molecule has 1 aromatic carbocycles. The molecule has 0 aliphatic carbocycles. The molecule has 86 valence electrons. The summed E-state index contributed by atoms with van der Waals surface area (Å²) in [5.74, 6) is 0. The molecule has 0 unspecified atom stereocenters. The highest BCUT2D eigenvalue weighted by atomic mass is 32.2. The first-order chi connectivity index (χ1) is 7.72. The summed E-state index contributed by atoms with van der Waals surface area (Å²) in [6, 6.07) is 5.29. The molecule has 0 amide bonds. The van der Waals surface area contributed by atoms with Gasteiger partial charge in [0.15, 0.2) is 0 Å². The van der Waals surface area contributed by atoms with Gasteiger partial charge >= 0.3 is 7.12 Å². The van der Waals surface area contributed by atoms with E-state index in [1.54, 1.807) is 18.4 Å². The zero-order valence-corrected chi connectivity index (χ0v) is 10.5. The molecular weight excluding hydrogens is 223 g/mol. The van der Waals surface area contributed by atoms with Crippen molar-refractivity contribution in [3.8, 4) is 0 Å². The molecule has 2 rings (SSSR count). The first-order valence-electron chi connectivity index (χ1n) is 5.23. The van der Waals surface area contributed by atoms with Gasteiger partial charge in [-0.3, -0.25) is 4.79 Å². The fourth-order valence-corrected chi connectivity index (χ4v) is 1.82. The molecule has 1 aliphatic heterocycles. The molecule has 1 N–H and O–H groups in total. The van der Waals surface area contributed by atoms with Crippen molar-refractivity contribution in [3.05, 3.63) is 29.3 Å². The van der Waals surface area contributed by atoms with Crippen LogP contribution in [-0.4, -0.2) is 23.5 Å². The van der Waals surface area contributed by atoms with Gasteiger partial charge in [-0.1, -0.05) is 43.8 Å². The number of benzene rings is 1. The van der Waals surface area contributed by atoms with Crippen molar-refractivity contribution < 1.29 is 14.5 Å². The van der Waals surface area contributed by atoms with Crippen molar-refractivity contribution in [2.24, 2.45) is 0 Å². The smallest absolute Gasteiger partial charge is 0.423 e. The first-order valence-corrected chi connectivity index (χ1v) is 6.45. The molecule has 0 saturated carbocycles. The van der Waals surface area contributed by atoms with E-state index in [4.69, 9.17) is 4.65 Å². The van der Waals surface area contributed by atoms with Gasteiger partial charge in [-0.15, -0.1) is 0 Å². The number of fused-ring (bicyclic) bond motifs is 1. The summed E-state index contributed by atoms with van der Waals surface area (Å²) in [5, 5.41) is 9.43. The van der Waals surface area contributed by atoms with Crippen LogP contribution in [0.25, 0.3) is 0 Å². The standard InChI is InChI=1S/C9H9BO3S.C2H6/c1-14-9(11)6-2-3-7-5-13-10(12)8(7)4-6;1-2/h2-4,12H,5H2,1H3;1-2H3. The number of carbonyl (C=O) groups excluding carboxylic acids is 1. The van der Waals surface area contributed by atoms with Crippen molar-refractivity contribution in [2.45, 2.75) is 20.5 Å². The zero-order valence-electron chi connectivity index (χ0n) is 9.69. The quantitative estimate of drug-likeness (QED) is 0.752. The van der Waals surface area contributed by atoms with Crippen LogP contribution in [0.5, 0.6) is 0 Å². The molecule has 1 aliphatic rings. The highest BCUT2D eigenvalue weighted by Gasteiger charge is 2.27. The summed E-state index contributed by atoms with van der Waals surface area (Å²) < 4.78 is 5.03. The fourth-order valence-electron chi connectivity index (χ4n) is 1.46. The van der Waals surface area contributed by atoms with Gasteiger partial charge in [-0.25, -0.2) is 0 Å². The third-order valence-electron chi connectivity index (χ3n) is 2.23. The third kappa shape index (κ3) is 2.67. The molecule has 3 nitrogen and oxygen atoms in total. The summed E-state index contributed by atoms with van der Waals surface area (Å²) in [4.78, 5) is 11.4. The Balaban J connectivity index is 0.000000606. The highest BCUT2D eigenvalue weighted by molar-refractivity contribution is 8.13. The molecule has 16 heavy (non-hydrogen) atoms. The lowest BCUT2D eigenvalue weighted by Crippen LogP contribution is -2.28. The van der Waals surface area contributed by atoms with Crippen LogP contribution in [0.2, 0.25) is 0 Å². The number of rotatable bonds is 1. The lowest BCUT2D eigenvalue weighted by atomic mass is 9.79. The van der Waals surface area contributed by atoms with Gasteiger partial charge in [-0.2, -0.15) is 0 Å². The Kier molecular flexibility index (Phi) is 5.05. The van der Waals surface area contributed by atoms with Crippen LogP contribution in [0.4, 0.5) is 0 Å². The van der Waals surface area contributed by atoms with E-state index in [1.807, 2.05) is 19.9 Å². The summed E-state index contributed by atoms with van der Waals surface area (Å²) >= 11 is 1.16. The van der Waals surface area contributed by atoms with Crippen LogP contribution in [0.3, 0.4) is 0 Å². The molecule has 0 saturated heterocycles. The van der Waals surface area contributed by atoms with E-state index in [9.17, 15) is 9.82 Å². The summed E-state index contributed by atoms with van der Waals surface area (Å²) in [7, 11) is -0.875. The lowest BCUT2D eigenvalue weighted by Gasteiger charge is -2.01. The van der Waals surface area contributed by atoms with E-state index in [0.717, 1.165) is 17.3 Å². The van der Waals surface area contributed by atoms with E-state index in [-0.39, 0.29) is 5.12 Å². The molecule has 0 radical (unpaired) electrons. The monoisotopic (exact) mass is 238 g/mol. The molecule has 0 bridgehead atoms. The second kappa shape index (κ2) is 6.08. The van der Waals surface area contributed by atoms with Crippen LogP contribution >= 0.6 is 11.8 Å². The number of thioether (sulfide) groups is 1. The van der Waals surface area contributed by atoms with Crippen LogP contribution in [0.15, 0.2) is 18.2 Å². The Morgan fingerprint density at radius 1 is 1.50 bits per heavy atom. The van der Waals surface area contributed by atoms with Gasteiger partial charge in [0.05, 0.1) is 6.61 Å². The average molecular weight is 238 g/mol.